The number of epoxide rings is 2. The topological polar surface area (TPSA) is 99.7 Å². The second-order valence-electron chi connectivity index (χ2n) is 8.72. The lowest BCUT2D eigenvalue weighted by Gasteiger charge is -2.15. The molecule has 2 fully saturated rings. The fourth-order valence-electron chi connectivity index (χ4n) is 4.30. The Bertz CT molecular complexity index is 1250. The summed E-state index contributed by atoms with van der Waals surface area (Å²) in [5, 5.41) is 19.5. The molecule has 3 aromatic carbocycles. The average Bonchev–Trinajstić information content (AvgIpc) is 3.71. The number of carboxylic acids is 2. The van der Waals surface area contributed by atoms with Crippen LogP contribution < -0.4 is 0 Å². The van der Waals surface area contributed by atoms with E-state index >= 15 is 0 Å². The average molecular weight is 444 g/mol. The minimum atomic E-state index is -0.982. The Morgan fingerprint density at radius 1 is 0.758 bits per heavy atom. The molecule has 0 aliphatic carbocycles. The van der Waals surface area contributed by atoms with Gasteiger partial charge in [0.2, 0.25) is 0 Å². The molecule has 2 aliphatic rings. The van der Waals surface area contributed by atoms with Crippen LogP contribution in [0.1, 0.15) is 37.4 Å². The van der Waals surface area contributed by atoms with Crippen molar-refractivity contribution in [3.8, 4) is 22.3 Å². The standard InChI is InChI=1S/C27H24O6/c1-15-8-18(24-11-16(9-19-13-32-19)2-5-22(24)26(28)29)4-7-21(15)25-12-17(10-20-14-33-20)3-6-23(25)27(30)31/h2-8,11-12,19-20H,9-10,13-14H2,1H3,(H,28,29)(H,30,31). The summed E-state index contributed by atoms with van der Waals surface area (Å²) in [5.74, 6) is -1.96. The van der Waals surface area contributed by atoms with Crippen molar-refractivity contribution in [2.45, 2.75) is 32.0 Å². The van der Waals surface area contributed by atoms with Crippen LogP contribution in [0.15, 0.2) is 54.6 Å². The molecule has 2 unspecified atom stereocenters. The molecule has 33 heavy (non-hydrogen) atoms. The van der Waals surface area contributed by atoms with E-state index in [1.54, 1.807) is 12.1 Å². The van der Waals surface area contributed by atoms with Gasteiger partial charge in [0.25, 0.3) is 0 Å². The summed E-state index contributed by atoms with van der Waals surface area (Å²) in [6, 6.07) is 16.5. The van der Waals surface area contributed by atoms with E-state index in [0.29, 0.717) is 11.1 Å². The molecule has 168 valence electrons. The second kappa shape index (κ2) is 8.46. The molecule has 2 N–H and O–H groups in total. The molecule has 2 aliphatic heterocycles. The van der Waals surface area contributed by atoms with Crippen molar-refractivity contribution in [2.24, 2.45) is 0 Å². The first-order chi connectivity index (χ1) is 15.9. The summed E-state index contributed by atoms with van der Waals surface area (Å²) in [6.45, 7) is 3.40. The number of hydrogen-bond acceptors (Lipinski definition) is 4. The Morgan fingerprint density at radius 3 is 1.76 bits per heavy atom. The number of aryl methyl sites for hydroxylation is 1. The third kappa shape index (κ3) is 4.67. The number of benzene rings is 3. The van der Waals surface area contributed by atoms with Crippen molar-refractivity contribution in [3.63, 3.8) is 0 Å². The summed E-state index contributed by atoms with van der Waals surface area (Å²) in [6.07, 6.45) is 1.92. The van der Waals surface area contributed by atoms with Crippen molar-refractivity contribution in [1.82, 2.24) is 0 Å². The van der Waals surface area contributed by atoms with Crippen LogP contribution >= 0.6 is 0 Å². The van der Waals surface area contributed by atoms with Gasteiger partial charge in [-0.3, -0.25) is 0 Å². The highest BCUT2D eigenvalue weighted by atomic mass is 16.6. The molecule has 0 aromatic heterocycles. The molecule has 6 heteroatoms. The maximum absolute atomic E-state index is 11.9. The first-order valence-electron chi connectivity index (χ1n) is 11.0. The summed E-state index contributed by atoms with van der Waals surface area (Å²) < 4.78 is 10.6. The fraction of sp³-hybridized carbons (Fsp3) is 0.259. The van der Waals surface area contributed by atoms with Crippen molar-refractivity contribution in [3.05, 3.63) is 82.4 Å². The Hall–Kier alpha value is -3.48. The maximum Gasteiger partial charge on any atom is 0.336 e. The van der Waals surface area contributed by atoms with Gasteiger partial charge >= 0.3 is 11.9 Å². The quantitative estimate of drug-likeness (QED) is 0.492. The van der Waals surface area contributed by atoms with Gasteiger partial charge in [0.15, 0.2) is 0 Å². The molecule has 0 bridgehead atoms. The first-order valence-corrected chi connectivity index (χ1v) is 11.0. The van der Waals surface area contributed by atoms with Crippen LogP contribution in [-0.2, 0) is 22.3 Å². The predicted molar refractivity (Wildman–Crippen MR) is 123 cm³/mol. The van der Waals surface area contributed by atoms with E-state index in [-0.39, 0.29) is 23.3 Å². The molecule has 3 aromatic rings. The molecule has 2 heterocycles. The lowest BCUT2D eigenvalue weighted by Crippen LogP contribution is -2.04. The number of carbonyl (C=O) groups is 2. The SMILES string of the molecule is Cc1cc(-c2cc(CC3CO3)ccc2C(=O)O)ccc1-c1cc(CC2CO2)ccc1C(=O)O. The number of aromatic carboxylic acids is 2. The Labute approximate surface area is 191 Å². The lowest BCUT2D eigenvalue weighted by atomic mass is 9.89. The third-order valence-electron chi connectivity index (χ3n) is 6.19. The molecule has 6 nitrogen and oxygen atoms in total. The van der Waals surface area contributed by atoms with Crippen molar-refractivity contribution >= 4 is 11.9 Å². The Kier molecular flexibility index (Phi) is 5.48. The van der Waals surface area contributed by atoms with Gasteiger partial charge in [-0.25, -0.2) is 9.59 Å². The summed E-state index contributed by atoms with van der Waals surface area (Å²) in [4.78, 5) is 23.8. The Morgan fingerprint density at radius 2 is 1.27 bits per heavy atom. The highest BCUT2D eigenvalue weighted by Gasteiger charge is 2.25. The smallest absolute Gasteiger partial charge is 0.336 e. The minimum absolute atomic E-state index is 0.208. The van der Waals surface area contributed by atoms with Crippen molar-refractivity contribution < 1.29 is 29.3 Å². The second-order valence-corrected chi connectivity index (χ2v) is 8.72. The van der Waals surface area contributed by atoms with Crippen molar-refractivity contribution in [2.75, 3.05) is 13.2 Å². The number of ether oxygens (including phenoxy) is 2. The normalized spacial score (nSPS) is 18.7. The van der Waals surface area contributed by atoms with E-state index in [1.807, 2.05) is 49.4 Å². The molecule has 0 spiro atoms. The van der Waals surface area contributed by atoms with Gasteiger partial charge in [-0.15, -0.1) is 0 Å². The Balaban J connectivity index is 1.55. The lowest BCUT2D eigenvalue weighted by molar-refractivity contribution is 0.0687. The summed E-state index contributed by atoms with van der Waals surface area (Å²) >= 11 is 0. The van der Waals surface area contributed by atoms with Gasteiger partial charge in [0, 0.05) is 12.8 Å². The van der Waals surface area contributed by atoms with Crippen LogP contribution in [0.3, 0.4) is 0 Å². The van der Waals surface area contributed by atoms with E-state index in [4.69, 9.17) is 9.47 Å². The van der Waals surface area contributed by atoms with Gasteiger partial charge in [-0.1, -0.05) is 42.5 Å². The van der Waals surface area contributed by atoms with Gasteiger partial charge in [-0.2, -0.15) is 0 Å². The van der Waals surface area contributed by atoms with E-state index in [2.05, 4.69) is 0 Å². The van der Waals surface area contributed by atoms with Gasteiger partial charge in [-0.05, 0) is 58.0 Å². The fourth-order valence-corrected chi connectivity index (χ4v) is 4.30. The minimum Gasteiger partial charge on any atom is -0.478 e. The van der Waals surface area contributed by atoms with Gasteiger partial charge in [0.1, 0.15) is 0 Å². The number of hydrogen-bond donors (Lipinski definition) is 2. The van der Waals surface area contributed by atoms with Crippen LogP contribution in [0, 0.1) is 6.92 Å². The largest absolute Gasteiger partial charge is 0.478 e. The molecule has 0 radical (unpaired) electrons. The highest BCUT2D eigenvalue weighted by molar-refractivity contribution is 5.98. The van der Waals surface area contributed by atoms with Crippen LogP contribution in [0.4, 0.5) is 0 Å². The van der Waals surface area contributed by atoms with E-state index in [9.17, 15) is 19.8 Å². The number of carboxylic acid groups (broad SMARTS) is 2. The molecular weight excluding hydrogens is 420 g/mol. The van der Waals surface area contributed by atoms with Crippen LogP contribution in [0.25, 0.3) is 22.3 Å². The molecule has 2 saturated heterocycles. The summed E-state index contributed by atoms with van der Waals surface area (Å²) in [5.41, 5.74) is 6.31. The van der Waals surface area contributed by atoms with Crippen LogP contribution in [-0.4, -0.2) is 47.6 Å². The van der Waals surface area contributed by atoms with Crippen LogP contribution in [0.2, 0.25) is 0 Å². The number of rotatable bonds is 8. The monoisotopic (exact) mass is 444 g/mol. The highest BCUT2D eigenvalue weighted by Crippen LogP contribution is 2.34. The van der Waals surface area contributed by atoms with Crippen molar-refractivity contribution in [1.29, 1.82) is 0 Å². The maximum atomic E-state index is 11.9. The molecule has 5 rings (SSSR count). The van der Waals surface area contributed by atoms with Gasteiger partial charge < -0.3 is 19.7 Å². The third-order valence-corrected chi connectivity index (χ3v) is 6.19. The zero-order valence-corrected chi connectivity index (χ0v) is 18.2. The summed E-state index contributed by atoms with van der Waals surface area (Å²) in [7, 11) is 0. The molecule has 0 amide bonds. The zero-order chi connectivity index (χ0) is 23.1. The molecule has 0 saturated carbocycles. The molecular formula is C27H24O6. The zero-order valence-electron chi connectivity index (χ0n) is 18.2. The van der Waals surface area contributed by atoms with E-state index < -0.39 is 11.9 Å². The predicted octanol–water partition coefficient (Wildman–Crippen LogP) is 4.61. The molecule has 2 atom stereocenters. The van der Waals surface area contributed by atoms with E-state index in [1.165, 1.54) is 0 Å². The van der Waals surface area contributed by atoms with E-state index in [0.717, 1.165) is 53.9 Å². The first kappa shape index (κ1) is 21.4. The van der Waals surface area contributed by atoms with Gasteiger partial charge in [0.05, 0.1) is 36.5 Å². The van der Waals surface area contributed by atoms with Crippen LogP contribution in [0.5, 0.6) is 0 Å².